The molecule has 0 amide bonds. The van der Waals surface area contributed by atoms with E-state index < -0.39 is 0 Å². The lowest BCUT2D eigenvalue weighted by molar-refractivity contribution is 0.386. The van der Waals surface area contributed by atoms with Crippen molar-refractivity contribution in [1.82, 2.24) is 5.32 Å². The Bertz CT molecular complexity index is 326. The summed E-state index contributed by atoms with van der Waals surface area (Å²) in [4.78, 5) is 0. The van der Waals surface area contributed by atoms with Crippen LogP contribution in [0.5, 0.6) is 11.5 Å². The molecule has 1 rings (SSSR count). The highest BCUT2D eigenvalue weighted by atomic mass is 16.5. The van der Waals surface area contributed by atoms with Crippen molar-refractivity contribution >= 4 is 0 Å². The predicted octanol–water partition coefficient (Wildman–Crippen LogP) is 2.76. The van der Waals surface area contributed by atoms with Gasteiger partial charge in [-0.25, -0.2) is 0 Å². The molecule has 0 heterocycles. The van der Waals surface area contributed by atoms with Gasteiger partial charge >= 0.3 is 0 Å². The normalized spacial score (nSPS) is 12.2. The van der Waals surface area contributed by atoms with Gasteiger partial charge in [-0.3, -0.25) is 0 Å². The SMILES string of the molecule is CCCNC(C)c1ccc(OC)cc1OC. The molecule has 0 aromatic heterocycles. The van der Waals surface area contributed by atoms with Crippen molar-refractivity contribution in [1.29, 1.82) is 0 Å². The van der Waals surface area contributed by atoms with Crippen LogP contribution in [-0.2, 0) is 0 Å². The fourth-order valence-electron chi connectivity index (χ4n) is 1.65. The zero-order valence-electron chi connectivity index (χ0n) is 10.5. The summed E-state index contributed by atoms with van der Waals surface area (Å²) in [6, 6.07) is 6.22. The summed E-state index contributed by atoms with van der Waals surface area (Å²) in [7, 11) is 3.35. The number of ether oxygens (including phenoxy) is 2. The van der Waals surface area contributed by atoms with Gasteiger partial charge in [0.25, 0.3) is 0 Å². The molecule has 1 atom stereocenters. The second-order valence-corrected chi connectivity index (χ2v) is 3.78. The molecular weight excluding hydrogens is 202 g/mol. The van der Waals surface area contributed by atoms with Gasteiger partial charge in [0.15, 0.2) is 0 Å². The lowest BCUT2D eigenvalue weighted by Gasteiger charge is -2.17. The molecule has 90 valence electrons. The third-order valence-electron chi connectivity index (χ3n) is 2.61. The van der Waals surface area contributed by atoms with E-state index in [1.165, 1.54) is 0 Å². The van der Waals surface area contributed by atoms with E-state index in [9.17, 15) is 0 Å². The first kappa shape index (κ1) is 12.8. The number of methoxy groups -OCH3 is 2. The van der Waals surface area contributed by atoms with Gasteiger partial charge in [0.1, 0.15) is 11.5 Å². The molecule has 3 heteroatoms. The summed E-state index contributed by atoms with van der Waals surface area (Å²) in [5.41, 5.74) is 1.16. The average Bonchev–Trinajstić information content (AvgIpc) is 2.34. The van der Waals surface area contributed by atoms with Crippen molar-refractivity contribution in [2.75, 3.05) is 20.8 Å². The van der Waals surface area contributed by atoms with Crippen LogP contribution in [0, 0.1) is 0 Å². The maximum absolute atomic E-state index is 5.37. The first-order valence-corrected chi connectivity index (χ1v) is 5.68. The number of benzene rings is 1. The summed E-state index contributed by atoms with van der Waals surface area (Å²) in [5.74, 6) is 1.69. The molecule has 0 saturated heterocycles. The molecule has 0 aliphatic carbocycles. The number of rotatable bonds is 6. The molecule has 1 unspecified atom stereocenters. The second kappa shape index (κ2) is 6.38. The van der Waals surface area contributed by atoms with E-state index in [4.69, 9.17) is 9.47 Å². The Hall–Kier alpha value is -1.22. The summed E-state index contributed by atoms with van der Waals surface area (Å²) in [6.45, 7) is 5.31. The van der Waals surface area contributed by atoms with Gasteiger partial charge in [-0.1, -0.05) is 13.0 Å². The molecule has 1 aromatic rings. The fourth-order valence-corrected chi connectivity index (χ4v) is 1.65. The van der Waals surface area contributed by atoms with Crippen molar-refractivity contribution in [3.8, 4) is 11.5 Å². The zero-order valence-corrected chi connectivity index (χ0v) is 10.5. The zero-order chi connectivity index (χ0) is 12.0. The molecule has 0 aliphatic rings. The average molecular weight is 223 g/mol. The summed E-state index contributed by atoms with van der Waals surface area (Å²) < 4.78 is 10.5. The third-order valence-corrected chi connectivity index (χ3v) is 2.61. The quantitative estimate of drug-likeness (QED) is 0.804. The minimum Gasteiger partial charge on any atom is -0.497 e. The molecule has 16 heavy (non-hydrogen) atoms. The fraction of sp³-hybridized carbons (Fsp3) is 0.538. The highest BCUT2D eigenvalue weighted by molar-refractivity contribution is 5.42. The maximum atomic E-state index is 5.37. The van der Waals surface area contributed by atoms with Crippen LogP contribution in [-0.4, -0.2) is 20.8 Å². The van der Waals surface area contributed by atoms with Crippen LogP contribution in [0.4, 0.5) is 0 Å². The van der Waals surface area contributed by atoms with E-state index >= 15 is 0 Å². The minimum absolute atomic E-state index is 0.292. The number of hydrogen-bond donors (Lipinski definition) is 1. The van der Waals surface area contributed by atoms with E-state index in [1.807, 2.05) is 18.2 Å². The molecule has 0 spiro atoms. The van der Waals surface area contributed by atoms with Crippen LogP contribution >= 0.6 is 0 Å². The Kier molecular flexibility index (Phi) is 5.12. The molecule has 1 N–H and O–H groups in total. The van der Waals surface area contributed by atoms with Crippen LogP contribution in [0.3, 0.4) is 0 Å². The summed E-state index contributed by atoms with van der Waals surface area (Å²) >= 11 is 0. The smallest absolute Gasteiger partial charge is 0.127 e. The van der Waals surface area contributed by atoms with E-state index in [1.54, 1.807) is 14.2 Å². The van der Waals surface area contributed by atoms with Crippen molar-refractivity contribution in [3.63, 3.8) is 0 Å². The van der Waals surface area contributed by atoms with Crippen molar-refractivity contribution in [2.45, 2.75) is 26.3 Å². The third kappa shape index (κ3) is 3.14. The highest BCUT2D eigenvalue weighted by Gasteiger charge is 2.11. The maximum Gasteiger partial charge on any atom is 0.127 e. The summed E-state index contributed by atoms with van der Waals surface area (Å²) in [6.07, 6.45) is 1.13. The molecular formula is C13H21NO2. The Morgan fingerprint density at radius 2 is 2.00 bits per heavy atom. The number of nitrogens with one attached hydrogen (secondary N) is 1. The molecule has 3 nitrogen and oxygen atoms in total. The van der Waals surface area contributed by atoms with Gasteiger partial charge in [0.2, 0.25) is 0 Å². The topological polar surface area (TPSA) is 30.5 Å². The van der Waals surface area contributed by atoms with Crippen LogP contribution in [0.25, 0.3) is 0 Å². The van der Waals surface area contributed by atoms with E-state index in [2.05, 4.69) is 19.2 Å². The monoisotopic (exact) mass is 223 g/mol. The molecule has 0 radical (unpaired) electrons. The summed E-state index contributed by atoms with van der Waals surface area (Å²) in [5, 5.41) is 3.44. The van der Waals surface area contributed by atoms with Gasteiger partial charge in [-0.15, -0.1) is 0 Å². The van der Waals surface area contributed by atoms with E-state index in [0.717, 1.165) is 30.0 Å². The molecule has 0 fully saturated rings. The minimum atomic E-state index is 0.292. The Morgan fingerprint density at radius 3 is 2.56 bits per heavy atom. The largest absolute Gasteiger partial charge is 0.497 e. The lowest BCUT2D eigenvalue weighted by Crippen LogP contribution is -2.19. The van der Waals surface area contributed by atoms with Crippen LogP contribution in [0.2, 0.25) is 0 Å². The molecule has 0 aliphatic heterocycles. The van der Waals surface area contributed by atoms with Crippen molar-refractivity contribution in [2.24, 2.45) is 0 Å². The number of hydrogen-bond acceptors (Lipinski definition) is 3. The lowest BCUT2D eigenvalue weighted by atomic mass is 10.1. The Labute approximate surface area is 97.8 Å². The van der Waals surface area contributed by atoms with Gasteiger partial charge < -0.3 is 14.8 Å². The van der Waals surface area contributed by atoms with Crippen molar-refractivity contribution < 1.29 is 9.47 Å². The first-order chi connectivity index (χ1) is 7.72. The van der Waals surface area contributed by atoms with Gasteiger partial charge in [0, 0.05) is 17.7 Å². The molecule has 0 bridgehead atoms. The van der Waals surface area contributed by atoms with E-state index in [-0.39, 0.29) is 0 Å². The second-order valence-electron chi connectivity index (χ2n) is 3.78. The van der Waals surface area contributed by atoms with Crippen molar-refractivity contribution in [3.05, 3.63) is 23.8 Å². The van der Waals surface area contributed by atoms with Crippen LogP contribution in [0.1, 0.15) is 31.9 Å². The van der Waals surface area contributed by atoms with E-state index in [0.29, 0.717) is 6.04 Å². The Morgan fingerprint density at radius 1 is 1.25 bits per heavy atom. The van der Waals surface area contributed by atoms with Crippen LogP contribution in [0.15, 0.2) is 18.2 Å². The Balaban J connectivity index is 2.85. The standard InChI is InChI=1S/C13H21NO2/c1-5-8-14-10(2)12-7-6-11(15-3)9-13(12)16-4/h6-7,9-10,14H,5,8H2,1-4H3. The molecule has 1 aromatic carbocycles. The van der Waals surface area contributed by atoms with Gasteiger partial charge in [-0.05, 0) is 26.0 Å². The van der Waals surface area contributed by atoms with Gasteiger partial charge in [0.05, 0.1) is 14.2 Å². The van der Waals surface area contributed by atoms with Gasteiger partial charge in [-0.2, -0.15) is 0 Å². The van der Waals surface area contributed by atoms with Crippen LogP contribution < -0.4 is 14.8 Å². The predicted molar refractivity (Wildman–Crippen MR) is 66.3 cm³/mol. The highest BCUT2D eigenvalue weighted by Crippen LogP contribution is 2.29. The molecule has 0 saturated carbocycles. The first-order valence-electron chi connectivity index (χ1n) is 5.68.